The molecule has 208 valence electrons. The van der Waals surface area contributed by atoms with Gasteiger partial charge in [-0.2, -0.15) is 5.10 Å². The van der Waals surface area contributed by atoms with Gasteiger partial charge in [-0.1, -0.05) is 42.6 Å². The predicted octanol–water partition coefficient (Wildman–Crippen LogP) is 5.52. The Morgan fingerprint density at radius 1 is 1.20 bits per heavy atom. The van der Waals surface area contributed by atoms with Crippen LogP contribution < -0.4 is 10.1 Å². The molecule has 1 amide bonds. The fourth-order valence-electron chi connectivity index (χ4n) is 4.30. The molecule has 3 heterocycles. The van der Waals surface area contributed by atoms with Gasteiger partial charge in [0.25, 0.3) is 0 Å². The molecule has 1 fully saturated rings. The van der Waals surface area contributed by atoms with Crippen molar-refractivity contribution in [2.24, 2.45) is 0 Å². The molecule has 0 spiro atoms. The maximum absolute atomic E-state index is 12.0. The largest absolute Gasteiger partial charge is 0.491 e. The first kappa shape index (κ1) is 28.0. The molecule has 0 unspecified atom stereocenters. The van der Waals surface area contributed by atoms with E-state index >= 15 is 0 Å². The number of hydrogen-bond acceptors (Lipinski definition) is 8. The van der Waals surface area contributed by atoms with E-state index in [0.29, 0.717) is 40.1 Å². The third kappa shape index (κ3) is 6.76. The summed E-state index contributed by atoms with van der Waals surface area (Å²) in [7, 11) is 0. The highest BCUT2D eigenvalue weighted by Gasteiger charge is 2.45. The van der Waals surface area contributed by atoms with Crippen LogP contribution in [0.5, 0.6) is 5.75 Å². The Kier molecular flexibility index (Phi) is 8.91. The molecule has 0 saturated carbocycles. The van der Waals surface area contributed by atoms with Crippen molar-refractivity contribution >= 4 is 35.1 Å². The predicted molar refractivity (Wildman–Crippen MR) is 150 cm³/mol. The first-order valence-corrected chi connectivity index (χ1v) is 13.7. The second-order valence-corrected chi connectivity index (χ2v) is 10.1. The van der Waals surface area contributed by atoms with E-state index < -0.39 is 5.79 Å². The maximum atomic E-state index is 12.0. The molecule has 2 aromatic heterocycles. The Labute approximate surface area is 241 Å². The Morgan fingerprint density at radius 3 is 2.80 bits per heavy atom. The Hall–Kier alpha value is -3.57. The molecule has 10 nitrogen and oxygen atoms in total. The van der Waals surface area contributed by atoms with Crippen LogP contribution in [0.3, 0.4) is 0 Å². The minimum absolute atomic E-state index is 0.0931. The quantitative estimate of drug-likeness (QED) is 0.246. The van der Waals surface area contributed by atoms with E-state index in [2.05, 4.69) is 25.4 Å². The van der Waals surface area contributed by atoms with Crippen LogP contribution >= 0.6 is 23.2 Å². The first-order chi connectivity index (χ1) is 19.4. The summed E-state index contributed by atoms with van der Waals surface area (Å²) in [5.74, 6) is -0.325. The summed E-state index contributed by atoms with van der Waals surface area (Å²) in [5.41, 5.74) is 2.20. The molecule has 1 N–H and O–H groups in total. The fourth-order valence-corrected chi connectivity index (χ4v) is 4.85. The van der Waals surface area contributed by atoms with E-state index in [-0.39, 0.29) is 31.1 Å². The second kappa shape index (κ2) is 12.7. The van der Waals surface area contributed by atoms with Gasteiger partial charge in [0.1, 0.15) is 37.7 Å². The van der Waals surface area contributed by atoms with Crippen molar-refractivity contribution in [1.82, 2.24) is 24.7 Å². The lowest BCUT2D eigenvalue weighted by atomic mass is 10.1. The van der Waals surface area contributed by atoms with Gasteiger partial charge in [-0.3, -0.25) is 10.1 Å². The number of ether oxygens (including phenoxy) is 3. The minimum atomic E-state index is -1.18. The number of nitrogens with zero attached hydrogens (tertiary/aromatic N) is 5. The summed E-state index contributed by atoms with van der Waals surface area (Å²) in [6.45, 7) is 2.84. The average Bonchev–Trinajstić information content (AvgIpc) is 3.62. The van der Waals surface area contributed by atoms with Crippen LogP contribution in [0.1, 0.15) is 31.7 Å². The molecule has 40 heavy (non-hydrogen) atoms. The lowest BCUT2D eigenvalue weighted by Crippen LogP contribution is -2.35. The van der Waals surface area contributed by atoms with Gasteiger partial charge >= 0.3 is 0 Å². The molecule has 0 aliphatic carbocycles. The molecule has 1 aliphatic rings. The van der Waals surface area contributed by atoms with Crippen LogP contribution in [-0.4, -0.2) is 50.0 Å². The Balaban J connectivity index is 1.23. The van der Waals surface area contributed by atoms with E-state index in [1.165, 1.54) is 6.33 Å². The third-order valence-corrected chi connectivity index (χ3v) is 6.84. The van der Waals surface area contributed by atoms with Crippen LogP contribution in [0.2, 0.25) is 10.0 Å². The molecule has 0 radical (unpaired) electrons. The summed E-state index contributed by atoms with van der Waals surface area (Å²) in [6, 6.07) is 14.5. The summed E-state index contributed by atoms with van der Waals surface area (Å²) < 4.78 is 20.2. The number of benzene rings is 2. The van der Waals surface area contributed by atoms with Crippen molar-refractivity contribution in [2.75, 3.05) is 18.5 Å². The smallest absolute Gasteiger partial charge is 0.229 e. The lowest BCUT2D eigenvalue weighted by Gasteiger charge is -2.29. The molecule has 0 bridgehead atoms. The van der Waals surface area contributed by atoms with E-state index in [4.69, 9.17) is 37.4 Å². The maximum Gasteiger partial charge on any atom is 0.229 e. The number of halogens is 2. The van der Waals surface area contributed by atoms with E-state index in [0.717, 1.165) is 18.4 Å². The standard InChI is InChI=1S/C28H28Cl2N6O4/c1-2-3-4-26(37)35-27-32-12-11-25(34-27)19-5-8-21(9-6-19)38-14-22-15-39-28(40-22,16-36-18-31-17-33-36)23-10-7-20(29)13-24(23)30/h5-13,17-18,22H,2-4,14-16H2,1H3,(H,32,34,35,37)/t22-,28-/m1/s1. The number of hydrogen-bond donors (Lipinski definition) is 1. The van der Waals surface area contributed by atoms with Gasteiger partial charge in [0, 0.05) is 28.8 Å². The van der Waals surface area contributed by atoms with Gasteiger partial charge in [-0.15, -0.1) is 0 Å². The summed E-state index contributed by atoms with van der Waals surface area (Å²) in [4.78, 5) is 24.7. The van der Waals surface area contributed by atoms with Gasteiger partial charge in [0.2, 0.25) is 17.6 Å². The van der Waals surface area contributed by atoms with Gasteiger partial charge in [-0.25, -0.2) is 19.6 Å². The fraction of sp³-hybridized carbons (Fsp3) is 0.321. The highest BCUT2D eigenvalue weighted by atomic mass is 35.5. The molecular formula is C28H28Cl2N6O4. The van der Waals surface area contributed by atoms with Crippen LogP contribution in [-0.2, 0) is 26.6 Å². The zero-order chi connectivity index (χ0) is 28.0. The van der Waals surface area contributed by atoms with Gasteiger partial charge < -0.3 is 14.2 Å². The Morgan fingerprint density at radius 2 is 2.05 bits per heavy atom. The molecular weight excluding hydrogens is 555 g/mol. The van der Waals surface area contributed by atoms with Crippen molar-refractivity contribution in [3.8, 4) is 17.0 Å². The van der Waals surface area contributed by atoms with Crippen molar-refractivity contribution in [3.05, 3.63) is 83.0 Å². The second-order valence-electron chi connectivity index (χ2n) is 9.27. The van der Waals surface area contributed by atoms with E-state index in [1.54, 1.807) is 41.5 Å². The van der Waals surface area contributed by atoms with Gasteiger partial charge in [-0.05, 0) is 48.9 Å². The number of amides is 1. The van der Waals surface area contributed by atoms with Crippen molar-refractivity contribution in [3.63, 3.8) is 0 Å². The molecule has 12 heteroatoms. The van der Waals surface area contributed by atoms with Crippen molar-refractivity contribution in [2.45, 2.75) is 44.6 Å². The molecule has 1 saturated heterocycles. The van der Waals surface area contributed by atoms with Crippen LogP contribution in [0.25, 0.3) is 11.3 Å². The van der Waals surface area contributed by atoms with Crippen LogP contribution in [0, 0.1) is 0 Å². The monoisotopic (exact) mass is 582 g/mol. The van der Waals surface area contributed by atoms with E-state index in [1.807, 2.05) is 31.2 Å². The normalized spacial score (nSPS) is 18.5. The number of nitrogens with one attached hydrogen (secondary N) is 1. The minimum Gasteiger partial charge on any atom is -0.491 e. The lowest BCUT2D eigenvalue weighted by molar-refractivity contribution is -0.190. The number of anilines is 1. The molecule has 2 atom stereocenters. The molecule has 1 aliphatic heterocycles. The van der Waals surface area contributed by atoms with Crippen molar-refractivity contribution < 1.29 is 19.0 Å². The summed E-state index contributed by atoms with van der Waals surface area (Å²) in [6.07, 6.45) is 6.51. The highest BCUT2D eigenvalue weighted by Crippen LogP contribution is 2.40. The van der Waals surface area contributed by atoms with Gasteiger partial charge in [0.15, 0.2) is 0 Å². The first-order valence-electron chi connectivity index (χ1n) is 12.9. The number of rotatable bonds is 11. The van der Waals surface area contributed by atoms with Crippen LogP contribution in [0.4, 0.5) is 5.95 Å². The number of unbranched alkanes of at least 4 members (excludes halogenated alkanes) is 1. The number of carbonyl (C=O) groups is 1. The highest BCUT2D eigenvalue weighted by molar-refractivity contribution is 6.35. The van der Waals surface area contributed by atoms with Crippen molar-refractivity contribution in [1.29, 1.82) is 0 Å². The SMILES string of the molecule is CCCCC(=O)Nc1nccc(-c2ccc(OC[C@@H]3CO[C@@](Cn4cncn4)(c4ccc(Cl)cc4Cl)O3)cc2)n1. The molecule has 4 aromatic rings. The van der Waals surface area contributed by atoms with Gasteiger partial charge in [0.05, 0.1) is 17.3 Å². The van der Waals surface area contributed by atoms with Crippen LogP contribution in [0.15, 0.2) is 67.4 Å². The summed E-state index contributed by atoms with van der Waals surface area (Å²) >= 11 is 12.6. The number of carbonyl (C=O) groups excluding carboxylic acids is 1. The molecule has 2 aromatic carbocycles. The average molecular weight is 583 g/mol. The topological polar surface area (TPSA) is 113 Å². The van der Waals surface area contributed by atoms with E-state index in [9.17, 15) is 4.79 Å². The number of aromatic nitrogens is 5. The zero-order valence-corrected chi connectivity index (χ0v) is 23.3. The zero-order valence-electron chi connectivity index (χ0n) is 21.8. The third-order valence-electron chi connectivity index (χ3n) is 6.29. The summed E-state index contributed by atoms with van der Waals surface area (Å²) in [5, 5.41) is 7.89. The Bertz CT molecular complexity index is 1440. The molecule has 5 rings (SSSR count).